The summed E-state index contributed by atoms with van der Waals surface area (Å²) in [7, 11) is 0. The van der Waals surface area contributed by atoms with Gasteiger partial charge in [0.25, 0.3) is 0 Å². The first-order valence-electron chi connectivity index (χ1n) is 6.05. The molecular weight excluding hydrogens is 244 g/mol. The summed E-state index contributed by atoms with van der Waals surface area (Å²) in [4.78, 5) is 23.2. The third kappa shape index (κ3) is 5.91. The van der Waals surface area contributed by atoms with Crippen LogP contribution in [0.1, 0.15) is 40.0 Å². The van der Waals surface area contributed by atoms with Crippen molar-refractivity contribution in [3.8, 4) is 0 Å². The first-order chi connectivity index (χ1) is 8.08. The highest BCUT2D eigenvalue weighted by Gasteiger charge is 2.33. The molecule has 0 aromatic heterocycles. The number of halogens is 1. The van der Waals surface area contributed by atoms with Gasteiger partial charge in [-0.05, 0) is 20.3 Å². The summed E-state index contributed by atoms with van der Waals surface area (Å²) < 4.78 is 9.73. The number of hydrogen-bond donors (Lipinski definition) is 0. The van der Waals surface area contributed by atoms with Crippen LogP contribution in [-0.2, 0) is 19.1 Å². The first kappa shape index (κ1) is 16.2. The molecule has 0 aliphatic rings. The number of esters is 2. The number of unbranched alkanes of at least 4 members (excludes halogenated alkanes) is 1. The monoisotopic (exact) mass is 264 g/mol. The lowest BCUT2D eigenvalue weighted by Gasteiger charge is -2.19. The average molecular weight is 265 g/mol. The van der Waals surface area contributed by atoms with Crippen molar-refractivity contribution in [3.63, 3.8) is 0 Å². The Labute approximate surface area is 108 Å². The van der Waals surface area contributed by atoms with Gasteiger partial charge in [0.1, 0.15) is 5.38 Å². The zero-order chi connectivity index (χ0) is 13.3. The van der Waals surface area contributed by atoms with Gasteiger partial charge in [-0.1, -0.05) is 19.8 Å². The molecule has 0 aliphatic heterocycles. The molecule has 0 radical (unpaired) electrons. The van der Waals surface area contributed by atoms with Crippen LogP contribution in [0.2, 0.25) is 0 Å². The molecule has 0 bridgehead atoms. The molecular formula is C12H21ClO4. The van der Waals surface area contributed by atoms with Gasteiger partial charge in [0, 0.05) is 0 Å². The molecule has 17 heavy (non-hydrogen) atoms. The maximum absolute atomic E-state index is 11.7. The number of hydrogen-bond acceptors (Lipinski definition) is 4. The smallest absolute Gasteiger partial charge is 0.324 e. The van der Waals surface area contributed by atoms with E-state index in [2.05, 4.69) is 0 Å². The van der Waals surface area contributed by atoms with E-state index in [1.54, 1.807) is 13.8 Å². The molecule has 5 heteroatoms. The van der Waals surface area contributed by atoms with Gasteiger partial charge >= 0.3 is 11.9 Å². The van der Waals surface area contributed by atoms with Crippen LogP contribution in [0.4, 0.5) is 0 Å². The van der Waals surface area contributed by atoms with Crippen LogP contribution in [0.25, 0.3) is 0 Å². The Balaban J connectivity index is 4.53. The van der Waals surface area contributed by atoms with E-state index >= 15 is 0 Å². The Bertz CT molecular complexity index is 243. The van der Waals surface area contributed by atoms with Crippen LogP contribution in [0.15, 0.2) is 0 Å². The second-order valence-electron chi connectivity index (χ2n) is 3.65. The maximum Gasteiger partial charge on any atom is 0.324 e. The van der Waals surface area contributed by atoms with Crippen molar-refractivity contribution in [1.29, 1.82) is 0 Å². The molecule has 0 saturated carbocycles. The lowest BCUT2D eigenvalue weighted by molar-refractivity contribution is -0.154. The van der Waals surface area contributed by atoms with Gasteiger partial charge in [0.05, 0.1) is 19.1 Å². The van der Waals surface area contributed by atoms with Gasteiger partial charge in [-0.2, -0.15) is 0 Å². The number of alkyl halides is 1. The molecule has 2 unspecified atom stereocenters. The molecule has 100 valence electrons. The lowest BCUT2D eigenvalue weighted by atomic mass is 9.98. The molecule has 2 atom stereocenters. The predicted molar refractivity (Wildman–Crippen MR) is 65.9 cm³/mol. The Morgan fingerprint density at radius 3 is 2.06 bits per heavy atom. The van der Waals surface area contributed by atoms with Crippen molar-refractivity contribution in [1.82, 2.24) is 0 Å². The molecule has 0 aromatic carbocycles. The standard InChI is InChI=1S/C12H21ClO4/c1-4-7-8-9(11(14)16-5-2)10(13)12(15)17-6-3/h9-10H,4-8H2,1-3H3. The van der Waals surface area contributed by atoms with Crippen LogP contribution in [0.5, 0.6) is 0 Å². The van der Waals surface area contributed by atoms with Crippen molar-refractivity contribution in [3.05, 3.63) is 0 Å². The fraction of sp³-hybridized carbons (Fsp3) is 0.833. The number of carbonyl (C=O) groups excluding carboxylic acids is 2. The fourth-order valence-electron chi connectivity index (χ4n) is 1.44. The molecule has 0 rings (SSSR count). The van der Waals surface area contributed by atoms with Gasteiger partial charge in [-0.15, -0.1) is 11.6 Å². The molecule has 0 heterocycles. The summed E-state index contributed by atoms with van der Waals surface area (Å²) in [5.41, 5.74) is 0. The Morgan fingerprint density at radius 2 is 1.59 bits per heavy atom. The topological polar surface area (TPSA) is 52.6 Å². The normalized spacial score (nSPS) is 13.9. The summed E-state index contributed by atoms with van der Waals surface area (Å²) in [6.07, 6.45) is 2.30. The van der Waals surface area contributed by atoms with E-state index in [0.29, 0.717) is 6.42 Å². The van der Waals surface area contributed by atoms with Crippen LogP contribution in [-0.4, -0.2) is 30.5 Å². The first-order valence-corrected chi connectivity index (χ1v) is 6.49. The van der Waals surface area contributed by atoms with Gasteiger partial charge in [0.15, 0.2) is 0 Å². The zero-order valence-electron chi connectivity index (χ0n) is 10.7. The maximum atomic E-state index is 11.7. The SMILES string of the molecule is CCCCC(C(=O)OCC)C(Cl)C(=O)OCC. The van der Waals surface area contributed by atoms with Crippen LogP contribution >= 0.6 is 11.6 Å². The van der Waals surface area contributed by atoms with Crippen molar-refractivity contribution >= 4 is 23.5 Å². The van der Waals surface area contributed by atoms with E-state index in [9.17, 15) is 9.59 Å². The zero-order valence-corrected chi connectivity index (χ0v) is 11.5. The van der Waals surface area contributed by atoms with Crippen LogP contribution in [0, 0.1) is 5.92 Å². The highest BCUT2D eigenvalue weighted by atomic mass is 35.5. The summed E-state index contributed by atoms with van der Waals surface area (Å²) >= 11 is 5.97. The predicted octanol–water partition coefficient (Wildman–Crippen LogP) is 2.53. The van der Waals surface area contributed by atoms with Crippen molar-refractivity contribution in [2.24, 2.45) is 5.92 Å². The molecule has 0 fully saturated rings. The van der Waals surface area contributed by atoms with Gasteiger partial charge in [-0.3, -0.25) is 9.59 Å². The average Bonchev–Trinajstić information content (AvgIpc) is 2.30. The van der Waals surface area contributed by atoms with Gasteiger partial charge < -0.3 is 9.47 Å². The summed E-state index contributed by atoms with van der Waals surface area (Å²) in [6, 6.07) is 0. The minimum absolute atomic E-state index is 0.255. The van der Waals surface area contributed by atoms with Crippen LogP contribution in [0.3, 0.4) is 0 Å². The van der Waals surface area contributed by atoms with E-state index in [1.165, 1.54) is 0 Å². The summed E-state index contributed by atoms with van der Waals surface area (Å²) in [5, 5.41) is -0.958. The third-order valence-corrected chi connectivity index (χ3v) is 2.81. The van der Waals surface area contributed by atoms with Crippen LogP contribution < -0.4 is 0 Å². The van der Waals surface area contributed by atoms with E-state index in [4.69, 9.17) is 21.1 Å². The van der Waals surface area contributed by atoms with Crippen molar-refractivity contribution in [2.45, 2.75) is 45.4 Å². The highest BCUT2D eigenvalue weighted by molar-refractivity contribution is 6.31. The molecule has 0 N–H and O–H groups in total. The Hall–Kier alpha value is -0.770. The third-order valence-electron chi connectivity index (χ3n) is 2.32. The minimum Gasteiger partial charge on any atom is -0.466 e. The largest absolute Gasteiger partial charge is 0.466 e. The second kappa shape index (κ2) is 9.28. The molecule has 0 saturated heterocycles. The highest BCUT2D eigenvalue weighted by Crippen LogP contribution is 2.21. The minimum atomic E-state index is -0.958. The molecule has 0 aromatic rings. The molecule has 0 amide bonds. The summed E-state index contributed by atoms with van der Waals surface area (Å²) in [5.74, 6) is -1.59. The summed E-state index contributed by atoms with van der Waals surface area (Å²) in [6.45, 7) is 5.98. The van der Waals surface area contributed by atoms with E-state index in [1.807, 2.05) is 6.92 Å². The van der Waals surface area contributed by atoms with E-state index in [-0.39, 0.29) is 13.2 Å². The second-order valence-corrected chi connectivity index (χ2v) is 4.12. The van der Waals surface area contributed by atoms with Crippen molar-refractivity contribution in [2.75, 3.05) is 13.2 Å². The molecule has 4 nitrogen and oxygen atoms in total. The van der Waals surface area contributed by atoms with Gasteiger partial charge in [0.2, 0.25) is 0 Å². The lowest BCUT2D eigenvalue weighted by Crippen LogP contribution is -2.33. The van der Waals surface area contributed by atoms with Gasteiger partial charge in [-0.25, -0.2) is 0 Å². The molecule has 0 aliphatic carbocycles. The van der Waals surface area contributed by atoms with Crippen molar-refractivity contribution < 1.29 is 19.1 Å². The number of carbonyl (C=O) groups is 2. The quantitative estimate of drug-likeness (QED) is 0.499. The van der Waals surface area contributed by atoms with E-state index < -0.39 is 23.2 Å². The fourth-order valence-corrected chi connectivity index (χ4v) is 1.73. The van der Waals surface area contributed by atoms with E-state index in [0.717, 1.165) is 12.8 Å². The molecule has 0 spiro atoms. The number of rotatable bonds is 8. The number of ether oxygens (including phenoxy) is 2. The Morgan fingerprint density at radius 1 is 1.06 bits per heavy atom. The Kier molecular flexibility index (Phi) is 8.86.